The van der Waals surface area contributed by atoms with Crippen LogP contribution in [0.1, 0.15) is 23.0 Å². The molecule has 0 saturated carbocycles. The Balaban J connectivity index is 2.30. The molecule has 2 N–H and O–H groups in total. The van der Waals surface area contributed by atoms with Gasteiger partial charge in [-0.05, 0) is 40.5 Å². The van der Waals surface area contributed by atoms with Crippen LogP contribution in [0.3, 0.4) is 0 Å². The number of anilines is 2. The molecule has 0 saturated heterocycles. The fraction of sp³-hybridized carbons (Fsp3) is 0.231. The van der Waals surface area contributed by atoms with E-state index in [-0.39, 0.29) is 5.56 Å². The Labute approximate surface area is 119 Å². The number of aromatic carboxylic acids is 1. The van der Waals surface area contributed by atoms with Gasteiger partial charge in [-0.3, -0.25) is 4.68 Å². The van der Waals surface area contributed by atoms with Crippen molar-refractivity contribution in [3.8, 4) is 0 Å². The van der Waals surface area contributed by atoms with Gasteiger partial charge in [0.1, 0.15) is 0 Å². The first kappa shape index (κ1) is 13.6. The Kier molecular flexibility index (Phi) is 3.90. The molecular weight excluding hydrogens is 310 g/mol. The zero-order valence-corrected chi connectivity index (χ0v) is 12.2. The maximum Gasteiger partial charge on any atom is 0.335 e. The number of hydrogen-bond acceptors (Lipinski definition) is 3. The fourth-order valence-electron chi connectivity index (χ4n) is 1.79. The van der Waals surface area contributed by atoms with Gasteiger partial charge >= 0.3 is 5.97 Å². The summed E-state index contributed by atoms with van der Waals surface area (Å²) in [7, 11) is 1.87. The monoisotopic (exact) mass is 323 g/mol. The van der Waals surface area contributed by atoms with E-state index in [1.807, 2.05) is 20.2 Å². The lowest BCUT2D eigenvalue weighted by molar-refractivity contribution is 0.0697. The van der Waals surface area contributed by atoms with Crippen molar-refractivity contribution in [3.63, 3.8) is 0 Å². The number of carbonyl (C=O) groups is 1. The molecule has 1 aromatic heterocycles. The van der Waals surface area contributed by atoms with Gasteiger partial charge in [0, 0.05) is 17.7 Å². The Hall–Kier alpha value is -1.82. The van der Waals surface area contributed by atoms with Gasteiger partial charge in [0.05, 0.1) is 22.6 Å². The van der Waals surface area contributed by atoms with E-state index in [9.17, 15) is 4.79 Å². The Morgan fingerprint density at radius 3 is 2.79 bits per heavy atom. The third-order valence-corrected chi connectivity index (χ3v) is 3.38. The number of nitrogens with one attached hydrogen (secondary N) is 1. The van der Waals surface area contributed by atoms with Crippen molar-refractivity contribution in [2.24, 2.45) is 7.05 Å². The van der Waals surface area contributed by atoms with Crippen LogP contribution in [0.4, 0.5) is 11.4 Å². The van der Waals surface area contributed by atoms with Crippen LogP contribution < -0.4 is 5.32 Å². The van der Waals surface area contributed by atoms with Gasteiger partial charge in [-0.2, -0.15) is 5.10 Å². The second kappa shape index (κ2) is 5.44. The van der Waals surface area contributed by atoms with Crippen molar-refractivity contribution in [1.82, 2.24) is 9.78 Å². The number of benzene rings is 1. The van der Waals surface area contributed by atoms with E-state index in [1.165, 1.54) is 0 Å². The average Bonchev–Trinajstić information content (AvgIpc) is 2.71. The summed E-state index contributed by atoms with van der Waals surface area (Å²) in [6.45, 7) is 2.04. The number of aryl methyl sites for hydroxylation is 2. The molecule has 100 valence electrons. The number of carboxylic acid groups (broad SMARTS) is 1. The lowest BCUT2D eigenvalue weighted by atomic mass is 10.2. The van der Waals surface area contributed by atoms with E-state index in [2.05, 4.69) is 26.3 Å². The average molecular weight is 324 g/mol. The summed E-state index contributed by atoms with van der Waals surface area (Å²) in [6.07, 6.45) is 2.73. The zero-order chi connectivity index (χ0) is 14.0. The molecule has 1 aromatic carbocycles. The van der Waals surface area contributed by atoms with Crippen LogP contribution >= 0.6 is 15.9 Å². The maximum atomic E-state index is 10.9. The molecule has 0 spiro atoms. The largest absolute Gasteiger partial charge is 0.478 e. The molecule has 2 rings (SSSR count). The number of rotatable bonds is 4. The van der Waals surface area contributed by atoms with Gasteiger partial charge in [0.15, 0.2) is 0 Å². The highest BCUT2D eigenvalue weighted by atomic mass is 79.9. The van der Waals surface area contributed by atoms with Crippen molar-refractivity contribution in [2.75, 3.05) is 5.32 Å². The van der Waals surface area contributed by atoms with Crippen LogP contribution in [0, 0.1) is 0 Å². The molecule has 0 aliphatic heterocycles. The molecule has 0 radical (unpaired) electrons. The highest BCUT2D eigenvalue weighted by Crippen LogP contribution is 2.28. The molecule has 0 aliphatic rings. The summed E-state index contributed by atoms with van der Waals surface area (Å²) in [5, 5.41) is 16.5. The molecular formula is C13H14BrN3O2. The molecule has 0 unspecified atom stereocenters. The summed E-state index contributed by atoms with van der Waals surface area (Å²) >= 11 is 3.37. The minimum Gasteiger partial charge on any atom is -0.478 e. The SMILES string of the molecule is CCc1nn(C)cc1Nc1ccc(C(=O)O)cc1Br. The molecule has 2 aromatic rings. The third kappa shape index (κ3) is 2.96. The van der Waals surface area contributed by atoms with E-state index in [1.54, 1.807) is 22.9 Å². The van der Waals surface area contributed by atoms with Crippen molar-refractivity contribution >= 4 is 33.3 Å². The molecule has 0 bridgehead atoms. The first-order valence-electron chi connectivity index (χ1n) is 5.83. The summed E-state index contributed by atoms with van der Waals surface area (Å²) in [6, 6.07) is 4.88. The molecule has 0 aliphatic carbocycles. The van der Waals surface area contributed by atoms with E-state index in [4.69, 9.17) is 5.11 Å². The summed E-state index contributed by atoms with van der Waals surface area (Å²) < 4.78 is 2.46. The second-order valence-electron chi connectivity index (χ2n) is 4.14. The van der Waals surface area contributed by atoms with Crippen LogP contribution in [0.25, 0.3) is 0 Å². The van der Waals surface area contributed by atoms with Crippen molar-refractivity contribution in [3.05, 3.63) is 40.1 Å². The highest BCUT2D eigenvalue weighted by molar-refractivity contribution is 9.10. The third-order valence-electron chi connectivity index (χ3n) is 2.73. The predicted octanol–water partition coefficient (Wildman–Crippen LogP) is 3.19. The number of halogens is 1. The van der Waals surface area contributed by atoms with Gasteiger partial charge in [0.25, 0.3) is 0 Å². The minimum absolute atomic E-state index is 0.249. The fourth-order valence-corrected chi connectivity index (χ4v) is 2.27. The maximum absolute atomic E-state index is 10.9. The Morgan fingerprint density at radius 1 is 1.47 bits per heavy atom. The van der Waals surface area contributed by atoms with Crippen LogP contribution in [-0.2, 0) is 13.5 Å². The molecule has 0 atom stereocenters. The first-order valence-corrected chi connectivity index (χ1v) is 6.63. The van der Waals surface area contributed by atoms with E-state index < -0.39 is 5.97 Å². The summed E-state index contributed by atoms with van der Waals surface area (Å²) in [5.74, 6) is -0.942. The van der Waals surface area contributed by atoms with Crippen molar-refractivity contribution in [1.29, 1.82) is 0 Å². The van der Waals surface area contributed by atoms with Gasteiger partial charge in [-0.1, -0.05) is 6.92 Å². The molecule has 0 fully saturated rings. The highest BCUT2D eigenvalue weighted by Gasteiger charge is 2.10. The van der Waals surface area contributed by atoms with Crippen LogP contribution in [0.15, 0.2) is 28.9 Å². The summed E-state index contributed by atoms with van der Waals surface area (Å²) in [5.41, 5.74) is 2.96. The molecule has 5 nitrogen and oxygen atoms in total. The topological polar surface area (TPSA) is 67.2 Å². The lowest BCUT2D eigenvalue weighted by Gasteiger charge is -2.08. The standard InChI is InChI=1S/C13H14BrN3O2/c1-3-10-12(7-17(2)16-10)15-11-5-4-8(13(18)19)6-9(11)14/h4-7,15H,3H2,1-2H3,(H,18,19). The van der Waals surface area contributed by atoms with Crippen molar-refractivity contribution < 1.29 is 9.90 Å². The van der Waals surface area contributed by atoms with Crippen LogP contribution in [-0.4, -0.2) is 20.9 Å². The van der Waals surface area contributed by atoms with Crippen LogP contribution in [0.5, 0.6) is 0 Å². The van der Waals surface area contributed by atoms with E-state index in [0.717, 1.165) is 23.5 Å². The molecule has 19 heavy (non-hydrogen) atoms. The Morgan fingerprint density at radius 2 is 2.21 bits per heavy atom. The van der Waals surface area contributed by atoms with Gasteiger partial charge in [-0.15, -0.1) is 0 Å². The second-order valence-corrected chi connectivity index (χ2v) is 5.00. The minimum atomic E-state index is -0.942. The van der Waals surface area contributed by atoms with Crippen molar-refractivity contribution in [2.45, 2.75) is 13.3 Å². The Bertz CT molecular complexity index is 622. The quantitative estimate of drug-likeness (QED) is 0.906. The zero-order valence-electron chi connectivity index (χ0n) is 10.6. The van der Waals surface area contributed by atoms with Gasteiger partial charge in [0.2, 0.25) is 0 Å². The van der Waals surface area contributed by atoms with Crippen LogP contribution in [0.2, 0.25) is 0 Å². The first-order chi connectivity index (χ1) is 9.01. The van der Waals surface area contributed by atoms with Gasteiger partial charge in [-0.25, -0.2) is 4.79 Å². The smallest absolute Gasteiger partial charge is 0.335 e. The number of hydrogen-bond donors (Lipinski definition) is 2. The molecule has 0 amide bonds. The lowest BCUT2D eigenvalue weighted by Crippen LogP contribution is -1.98. The summed E-state index contributed by atoms with van der Waals surface area (Å²) in [4.78, 5) is 10.9. The number of aromatic nitrogens is 2. The van der Waals surface area contributed by atoms with E-state index >= 15 is 0 Å². The molecule has 6 heteroatoms. The number of carboxylic acids is 1. The predicted molar refractivity (Wildman–Crippen MR) is 77.0 cm³/mol. The van der Waals surface area contributed by atoms with E-state index in [0.29, 0.717) is 4.47 Å². The number of nitrogens with zero attached hydrogens (tertiary/aromatic N) is 2. The van der Waals surface area contributed by atoms with Gasteiger partial charge < -0.3 is 10.4 Å². The normalized spacial score (nSPS) is 10.5. The molecule has 1 heterocycles.